The van der Waals surface area contributed by atoms with Gasteiger partial charge in [0.25, 0.3) is 0 Å². The normalized spacial score (nSPS) is 18.6. The molecule has 0 atom stereocenters. The van der Waals surface area contributed by atoms with Crippen LogP contribution in [0.1, 0.15) is 52.9 Å². The molecule has 0 unspecified atom stereocenters. The maximum Gasteiger partial charge on any atom is 0.407 e. The fraction of sp³-hybridized carbons (Fsp3) is 0.938. The maximum absolute atomic E-state index is 11.5. The van der Waals surface area contributed by atoms with E-state index in [9.17, 15) is 4.79 Å². The lowest BCUT2D eigenvalue weighted by molar-refractivity contribution is 0.0526. The Balaban J connectivity index is 2.22. The Morgan fingerprint density at radius 2 is 1.76 bits per heavy atom. The Labute approximate surface area is 129 Å². The molecule has 1 aliphatic carbocycles. The van der Waals surface area contributed by atoms with Crippen LogP contribution in [0.15, 0.2) is 0 Å². The number of carbonyl (C=O) groups excluding carboxylic acids is 1. The number of amides is 1. The molecule has 0 heterocycles. The second-order valence-electron chi connectivity index (χ2n) is 7.28. The fourth-order valence-corrected chi connectivity index (χ4v) is 2.88. The van der Waals surface area contributed by atoms with Gasteiger partial charge in [0.05, 0.1) is 0 Å². The third kappa shape index (κ3) is 6.66. The van der Waals surface area contributed by atoms with Gasteiger partial charge in [-0.25, -0.2) is 4.79 Å². The molecule has 1 rings (SSSR count). The number of nitrogens with zero attached hydrogens (tertiary/aromatic N) is 1. The highest BCUT2D eigenvalue weighted by atomic mass is 16.6. The van der Waals surface area contributed by atoms with Crippen molar-refractivity contribution in [3.05, 3.63) is 0 Å². The van der Waals surface area contributed by atoms with Crippen LogP contribution in [0.4, 0.5) is 4.79 Å². The predicted octanol–water partition coefficient (Wildman–Crippen LogP) is 2.37. The Bertz CT molecular complexity index is 318. The minimum absolute atomic E-state index is 0.282. The van der Waals surface area contributed by atoms with E-state index in [1.165, 1.54) is 32.1 Å². The average molecular weight is 299 g/mol. The van der Waals surface area contributed by atoms with Gasteiger partial charge in [-0.3, -0.25) is 0 Å². The molecule has 0 aromatic rings. The summed E-state index contributed by atoms with van der Waals surface area (Å²) in [6, 6.07) is 0. The smallest absolute Gasteiger partial charge is 0.407 e. The summed E-state index contributed by atoms with van der Waals surface area (Å²) >= 11 is 0. The van der Waals surface area contributed by atoms with E-state index in [4.69, 9.17) is 4.74 Å². The van der Waals surface area contributed by atoms with E-state index in [0.29, 0.717) is 6.54 Å². The van der Waals surface area contributed by atoms with Crippen molar-refractivity contribution in [3.8, 4) is 0 Å². The summed E-state index contributed by atoms with van der Waals surface area (Å²) in [7, 11) is 4.35. The van der Waals surface area contributed by atoms with Crippen molar-refractivity contribution in [1.82, 2.24) is 15.5 Å². The quantitative estimate of drug-likeness (QED) is 0.739. The third-order valence-corrected chi connectivity index (χ3v) is 4.16. The van der Waals surface area contributed by atoms with Crippen LogP contribution in [0.25, 0.3) is 0 Å². The first-order valence-electron chi connectivity index (χ1n) is 8.10. The molecule has 0 aromatic carbocycles. The van der Waals surface area contributed by atoms with Crippen LogP contribution >= 0.6 is 0 Å². The number of likely N-dealkylation sites (N-methyl/N-ethyl adjacent to an activating group) is 1. The van der Waals surface area contributed by atoms with Gasteiger partial charge >= 0.3 is 6.09 Å². The molecule has 1 saturated carbocycles. The van der Waals surface area contributed by atoms with E-state index in [-0.39, 0.29) is 11.6 Å². The summed E-state index contributed by atoms with van der Waals surface area (Å²) in [6.45, 7) is 7.96. The summed E-state index contributed by atoms with van der Waals surface area (Å²) in [5, 5.41) is 6.26. The molecule has 0 aliphatic heterocycles. The Hall–Kier alpha value is -0.810. The van der Waals surface area contributed by atoms with Gasteiger partial charge in [-0.05, 0) is 47.7 Å². The van der Waals surface area contributed by atoms with Gasteiger partial charge < -0.3 is 20.3 Å². The van der Waals surface area contributed by atoms with E-state index in [1.54, 1.807) is 0 Å². The Morgan fingerprint density at radius 1 is 1.14 bits per heavy atom. The highest BCUT2D eigenvalue weighted by Gasteiger charge is 2.33. The van der Waals surface area contributed by atoms with Crippen molar-refractivity contribution in [1.29, 1.82) is 0 Å². The van der Waals surface area contributed by atoms with Crippen LogP contribution < -0.4 is 10.6 Å². The lowest BCUT2D eigenvalue weighted by Gasteiger charge is -2.43. The number of hydrogen-bond donors (Lipinski definition) is 2. The van der Waals surface area contributed by atoms with E-state index in [1.807, 2.05) is 20.8 Å². The van der Waals surface area contributed by atoms with Crippen molar-refractivity contribution in [3.63, 3.8) is 0 Å². The standard InChI is InChI=1S/C16H33N3O2/c1-15(2,3)21-14(20)18-12-11-17-13-16(19(4)5)9-7-6-8-10-16/h17H,6-13H2,1-5H3,(H,18,20). The first-order chi connectivity index (χ1) is 9.75. The predicted molar refractivity (Wildman–Crippen MR) is 86.6 cm³/mol. The number of hydrogen-bond acceptors (Lipinski definition) is 4. The van der Waals surface area contributed by atoms with Crippen LogP contribution in [-0.4, -0.2) is 55.9 Å². The molecule has 124 valence electrons. The molecule has 1 aliphatic rings. The van der Waals surface area contributed by atoms with Crippen molar-refractivity contribution in [2.45, 2.75) is 64.0 Å². The van der Waals surface area contributed by atoms with Crippen LogP contribution in [-0.2, 0) is 4.74 Å². The summed E-state index contributed by atoms with van der Waals surface area (Å²) in [4.78, 5) is 13.9. The molecule has 2 N–H and O–H groups in total. The zero-order valence-electron chi connectivity index (χ0n) is 14.4. The highest BCUT2D eigenvalue weighted by molar-refractivity contribution is 5.67. The molecule has 1 fully saturated rings. The molecule has 0 aromatic heterocycles. The Morgan fingerprint density at radius 3 is 2.29 bits per heavy atom. The second kappa shape index (κ2) is 7.99. The van der Waals surface area contributed by atoms with Crippen molar-refractivity contribution in [2.24, 2.45) is 0 Å². The van der Waals surface area contributed by atoms with Gasteiger partial charge in [0.1, 0.15) is 5.60 Å². The topological polar surface area (TPSA) is 53.6 Å². The highest BCUT2D eigenvalue weighted by Crippen LogP contribution is 2.31. The first kappa shape index (κ1) is 18.2. The minimum atomic E-state index is -0.436. The molecule has 0 bridgehead atoms. The van der Waals surface area contributed by atoms with E-state index < -0.39 is 5.60 Å². The Kier molecular flexibility index (Phi) is 6.94. The fourth-order valence-electron chi connectivity index (χ4n) is 2.88. The molecule has 0 radical (unpaired) electrons. The van der Waals surface area contributed by atoms with Gasteiger partial charge in [-0.15, -0.1) is 0 Å². The molecule has 5 heteroatoms. The molecule has 21 heavy (non-hydrogen) atoms. The lowest BCUT2D eigenvalue weighted by atomic mass is 9.80. The van der Waals surface area contributed by atoms with Crippen LogP contribution in [0.2, 0.25) is 0 Å². The van der Waals surface area contributed by atoms with Crippen molar-refractivity contribution >= 4 is 6.09 Å². The zero-order chi connectivity index (χ0) is 15.9. The third-order valence-electron chi connectivity index (χ3n) is 4.16. The summed E-state index contributed by atoms with van der Waals surface area (Å²) in [6.07, 6.45) is 6.16. The number of ether oxygens (including phenoxy) is 1. The number of alkyl carbamates (subject to hydrolysis) is 1. The molecular formula is C16H33N3O2. The van der Waals surface area contributed by atoms with Gasteiger partial charge in [0.15, 0.2) is 0 Å². The van der Waals surface area contributed by atoms with Gasteiger partial charge in [-0.1, -0.05) is 19.3 Å². The van der Waals surface area contributed by atoms with E-state index >= 15 is 0 Å². The number of nitrogens with one attached hydrogen (secondary N) is 2. The van der Waals surface area contributed by atoms with E-state index in [0.717, 1.165) is 13.1 Å². The summed E-state index contributed by atoms with van der Waals surface area (Å²) < 4.78 is 5.21. The van der Waals surface area contributed by atoms with E-state index in [2.05, 4.69) is 29.6 Å². The monoisotopic (exact) mass is 299 g/mol. The lowest BCUT2D eigenvalue weighted by Crippen LogP contribution is -2.53. The van der Waals surface area contributed by atoms with Crippen molar-refractivity contribution < 1.29 is 9.53 Å². The average Bonchev–Trinajstić information content (AvgIpc) is 2.37. The zero-order valence-corrected chi connectivity index (χ0v) is 14.4. The van der Waals surface area contributed by atoms with Gasteiger partial charge in [0.2, 0.25) is 0 Å². The largest absolute Gasteiger partial charge is 0.444 e. The minimum Gasteiger partial charge on any atom is -0.444 e. The maximum atomic E-state index is 11.5. The number of rotatable bonds is 6. The van der Waals surface area contributed by atoms with Gasteiger partial charge in [-0.2, -0.15) is 0 Å². The van der Waals surface area contributed by atoms with Crippen LogP contribution in [0.5, 0.6) is 0 Å². The molecule has 0 saturated heterocycles. The van der Waals surface area contributed by atoms with Gasteiger partial charge in [0, 0.05) is 25.2 Å². The SMILES string of the molecule is CN(C)C1(CNCCNC(=O)OC(C)(C)C)CCCCC1. The second-order valence-corrected chi connectivity index (χ2v) is 7.28. The van der Waals surface area contributed by atoms with Crippen LogP contribution in [0.3, 0.4) is 0 Å². The summed E-state index contributed by atoms with van der Waals surface area (Å²) in [5.41, 5.74) is -0.154. The molecule has 1 amide bonds. The van der Waals surface area contributed by atoms with Crippen molar-refractivity contribution in [2.75, 3.05) is 33.7 Å². The van der Waals surface area contributed by atoms with Crippen LogP contribution in [0, 0.1) is 0 Å². The molecular weight excluding hydrogens is 266 g/mol. The molecule has 0 spiro atoms. The molecule has 5 nitrogen and oxygen atoms in total. The summed E-state index contributed by atoms with van der Waals surface area (Å²) in [5.74, 6) is 0. The number of carbonyl (C=O) groups is 1. The first-order valence-corrected chi connectivity index (χ1v) is 8.10.